The van der Waals surface area contributed by atoms with Gasteiger partial charge in [0.2, 0.25) is 0 Å². The quantitative estimate of drug-likeness (QED) is 0.181. The molecule has 4 aromatic carbocycles. The Bertz CT molecular complexity index is 1540. The minimum absolute atomic E-state index is 0. The van der Waals surface area contributed by atoms with Crippen LogP contribution in [0, 0.1) is 10.8 Å². The number of fused-ring (bicyclic) bond motifs is 6. The standard InChI is InChI=1S/2C17H17.C2H4.2ClH.Hf/c2*1-17(2,3)14-10-13-9-8-12-6-4-5-7-15(12)16(13)11-14;1-2;;;/h2*4-11H,1-3H3;1-2H2;2*1H;. The summed E-state index contributed by atoms with van der Waals surface area (Å²) in [6.07, 6.45) is 5.28. The number of allylic oxidation sites excluding steroid dienone is 2. The SMILES string of the molecule is CC(C)(C)C1=Cc2c(ccc3ccccc23)[CH]1[Hf]1([CH]2C(C(C)(C)C)=Cc3c2ccc2ccccc32)[CH2][CH2]1.Cl.Cl. The number of hydrogen-bond acceptors (Lipinski definition) is 0. The van der Waals surface area contributed by atoms with Crippen LogP contribution in [-0.2, 0) is 20.0 Å². The van der Waals surface area contributed by atoms with Gasteiger partial charge in [0.15, 0.2) is 0 Å². The molecular formula is C36H40Cl2Hf. The topological polar surface area (TPSA) is 0 Å². The molecule has 1 saturated heterocycles. The first kappa shape index (κ1) is 28.8. The molecule has 3 aliphatic rings. The molecule has 0 bridgehead atoms. The van der Waals surface area contributed by atoms with E-state index in [1.807, 2.05) is 0 Å². The van der Waals surface area contributed by atoms with E-state index in [-0.39, 0.29) is 35.6 Å². The van der Waals surface area contributed by atoms with Crippen molar-refractivity contribution in [3.05, 3.63) is 106 Å². The van der Waals surface area contributed by atoms with E-state index in [0.717, 1.165) is 0 Å². The number of benzene rings is 4. The Labute approximate surface area is 251 Å². The van der Waals surface area contributed by atoms with Gasteiger partial charge in [0.25, 0.3) is 0 Å². The van der Waals surface area contributed by atoms with Crippen molar-refractivity contribution in [3.8, 4) is 0 Å². The first-order valence-electron chi connectivity index (χ1n) is 14.1. The van der Waals surface area contributed by atoms with Gasteiger partial charge in [-0.15, -0.1) is 24.8 Å². The van der Waals surface area contributed by atoms with Crippen LogP contribution in [0.2, 0.25) is 8.35 Å². The van der Waals surface area contributed by atoms with Crippen LogP contribution in [-0.4, -0.2) is 0 Å². The molecule has 2 aliphatic carbocycles. The maximum Gasteiger partial charge on any atom is -0.147 e. The summed E-state index contributed by atoms with van der Waals surface area (Å²) in [4.78, 5) is 0. The minimum Gasteiger partial charge on any atom is -0.147 e. The maximum absolute atomic E-state index is 2.94. The van der Waals surface area contributed by atoms with Gasteiger partial charge in [-0.1, -0.05) is 0 Å². The Hall–Kier alpha value is -1.67. The summed E-state index contributed by atoms with van der Waals surface area (Å²) in [5.74, 6) is 0. The largest absolute Gasteiger partial charge is 0.147 e. The maximum atomic E-state index is 2.64. The van der Waals surface area contributed by atoms with Gasteiger partial charge in [0.05, 0.1) is 0 Å². The molecule has 1 heterocycles. The van der Waals surface area contributed by atoms with E-state index in [2.05, 4.69) is 126 Å². The van der Waals surface area contributed by atoms with Gasteiger partial charge in [-0.25, -0.2) is 0 Å². The molecule has 0 saturated carbocycles. The summed E-state index contributed by atoms with van der Waals surface area (Å²) in [5, 5.41) is 5.64. The zero-order valence-electron chi connectivity index (χ0n) is 24.0. The number of halogens is 2. The monoisotopic (exact) mass is 722 g/mol. The van der Waals surface area contributed by atoms with Crippen LogP contribution in [0.15, 0.2) is 83.9 Å². The van der Waals surface area contributed by atoms with Crippen molar-refractivity contribution in [1.29, 1.82) is 0 Å². The van der Waals surface area contributed by atoms with Gasteiger partial charge in [-0.3, -0.25) is 0 Å². The molecule has 2 atom stereocenters. The molecule has 1 fully saturated rings. The predicted molar refractivity (Wildman–Crippen MR) is 172 cm³/mol. The van der Waals surface area contributed by atoms with E-state index in [1.54, 1.807) is 22.3 Å². The molecule has 202 valence electrons. The van der Waals surface area contributed by atoms with Crippen LogP contribution in [0.1, 0.15) is 71.1 Å². The first-order valence-corrected chi connectivity index (χ1v) is 23.3. The molecule has 0 nitrogen and oxygen atoms in total. The Morgan fingerprint density at radius 3 is 1.28 bits per heavy atom. The van der Waals surface area contributed by atoms with E-state index in [1.165, 1.54) is 41.0 Å². The summed E-state index contributed by atoms with van der Waals surface area (Å²) in [6, 6.07) is 27.9. The third kappa shape index (κ3) is 4.34. The van der Waals surface area contributed by atoms with Crippen LogP contribution >= 0.6 is 24.8 Å². The van der Waals surface area contributed by atoms with Gasteiger partial charge >= 0.3 is 228 Å². The van der Waals surface area contributed by atoms with E-state index in [0.29, 0.717) is 7.35 Å². The van der Waals surface area contributed by atoms with E-state index in [4.69, 9.17) is 0 Å². The summed E-state index contributed by atoms with van der Waals surface area (Å²) < 4.78 is 4.39. The van der Waals surface area contributed by atoms with Crippen LogP contribution in [0.5, 0.6) is 0 Å². The molecule has 4 aromatic rings. The van der Waals surface area contributed by atoms with Crippen molar-refractivity contribution in [1.82, 2.24) is 0 Å². The zero-order chi connectivity index (χ0) is 25.7. The number of rotatable bonds is 2. The molecule has 0 amide bonds. The van der Waals surface area contributed by atoms with Gasteiger partial charge in [-0.2, -0.15) is 0 Å². The fraction of sp³-hybridized carbons (Fsp3) is 0.333. The molecule has 2 unspecified atom stereocenters. The van der Waals surface area contributed by atoms with E-state index in [9.17, 15) is 0 Å². The zero-order valence-corrected chi connectivity index (χ0v) is 29.2. The first-order chi connectivity index (χ1) is 17.6. The summed E-state index contributed by atoms with van der Waals surface area (Å²) >= 11 is -2.94. The average Bonchev–Trinajstić information content (AvgIpc) is 3.36. The molecule has 0 spiro atoms. The summed E-state index contributed by atoms with van der Waals surface area (Å²) in [6.45, 7) is 14.8. The van der Waals surface area contributed by atoms with Gasteiger partial charge in [0.1, 0.15) is 0 Å². The third-order valence-electron chi connectivity index (χ3n) is 9.56. The molecule has 7 rings (SSSR count). The molecule has 0 aromatic heterocycles. The van der Waals surface area contributed by atoms with Crippen LogP contribution in [0.3, 0.4) is 0 Å². The Kier molecular flexibility index (Phi) is 7.18. The second-order valence-electron chi connectivity index (χ2n) is 13.9. The van der Waals surface area contributed by atoms with Crippen LogP contribution < -0.4 is 0 Å². The Morgan fingerprint density at radius 1 is 0.538 bits per heavy atom. The third-order valence-corrected chi connectivity index (χ3v) is 28.2. The molecule has 3 heteroatoms. The molecule has 39 heavy (non-hydrogen) atoms. The fourth-order valence-electron chi connectivity index (χ4n) is 7.69. The van der Waals surface area contributed by atoms with Crippen molar-refractivity contribution in [2.75, 3.05) is 0 Å². The van der Waals surface area contributed by atoms with Crippen molar-refractivity contribution in [3.63, 3.8) is 0 Å². The van der Waals surface area contributed by atoms with Crippen LogP contribution in [0.25, 0.3) is 33.7 Å². The summed E-state index contributed by atoms with van der Waals surface area (Å²) in [7, 11) is 0. The Balaban J connectivity index is 0.00000154. The van der Waals surface area contributed by atoms with Gasteiger partial charge in [-0.05, 0) is 0 Å². The summed E-state index contributed by atoms with van der Waals surface area (Å²) in [5.41, 5.74) is 10.2. The second kappa shape index (κ2) is 9.71. The number of hydrogen-bond donors (Lipinski definition) is 0. The van der Waals surface area contributed by atoms with Gasteiger partial charge in [0, 0.05) is 0 Å². The van der Waals surface area contributed by atoms with E-state index < -0.39 is 20.0 Å². The predicted octanol–water partition coefficient (Wildman–Crippen LogP) is 11.5. The van der Waals surface area contributed by atoms with Gasteiger partial charge < -0.3 is 0 Å². The minimum atomic E-state index is -2.94. The Morgan fingerprint density at radius 2 is 0.923 bits per heavy atom. The van der Waals surface area contributed by atoms with Crippen molar-refractivity contribution >= 4 is 58.5 Å². The van der Waals surface area contributed by atoms with Crippen molar-refractivity contribution in [2.45, 2.75) is 57.2 Å². The fourth-order valence-corrected chi connectivity index (χ4v) is 37.0. The molecule has 0 radical (unpaired) electrons. The molecular weight excluding hydrogens is 682 g/mol. The smallest absolute Gasteiger partial charge is 0.147 e. The van der Waals surface area contributed by atoms with Crippen molar-refractivity contribution in [2.24, 2.45) is 10.8 Å². The van der Waals surface area contributed by atoms with E-state index >= 15 is 0 Å². The van der Waals surface area contributed by atoms with Crippen LogP contribution in [0.4, 0.5) is 0 Å². The van der Waals surface area contributed by atoms with Crippen molar-refractivity contribution < 1.29 is 20.0 Å². The molecule has 0 N–H and O–H groups in total. The average molecular weight is 722 g/mol. The normalized spacial score (nSPS) is 21.0. The second-order valence-corrected chi connectivity index (χ2v) is 30.5. The molecule has 1 aliphatic heterocycles.